The first kappa shape index (κ1) is 6.39. The van der Waals surface area contributed by atoms with Crippen molar-refractivity contribution in [1.29, 1.82) is 0 Å². The molecule has 0 saturated carbocycles. The van der Waals surface area contributed by atoms with Crippen LogP contribution >= 0.6 is 0 Å². The highest BCUT2D eigenvalue weighted by molar-refractivity contribution is 5.79. The molecule has 0 aromatic rings. The molecule has 0 fully saturated rings. The van der Waals surface area contributed by atoms with Gasteiger partial charge in [0.1, 0.15) is 0 Å². The van der Waals surface area contributed by atoms with E-state index in [1.807, 2.05) is 0 Å². The number of rotatable bonds is 2. The molecule has 0 aliphatic rings. The van der Waals surface area contributed by atoms with Crippen LogP contribution in [0.1, 0.15) is 6.92 Å². The number of hydrogen-bond acceptors (Lipinski definition) is 3. The molecule has 1 amide bonds. The van der Waals surface area contributed by atoms with Gasteiger partial charge < -0.3 is 5.73 Å². The first-order valence-corrected chi connectivity index (χ1v) is 1.94. The van der Waals surface area contributed by atoms with Crippen molar-refractivity contribution in [2.45, 2.75) is 13.0 Å². The molecular weight excluding hydrogens is 94.1 g/mol. The third-order valence-corrected chi connectivity index (χ3v) is 0.677. The van der Waals surface area contributed by atoms with E-state index in [1.54, 1.807) is 6.92 Å². The van der Waals surface area contributed by atoms with Crippen LogP contribution in [0.2, 0.25) is 0 Å². The summed E-state index contributed by atoms with van der Waals surface area (Å²) in [7, 11) is 0. The second kappa shape index (κ2) is 2.54. The van der Waals surface area contributed by atoms with Crippen molar-refractivity contribution in [2.24, 2.45) is 11.6 Å². The Morgan fingerprint density at radius 1 is 1.86 bits per heavy atom. The molecule has 0 aromatic carbocycles. The quantitative estimate of drug-likeness (QED) is 0.288. The second-order valence-corrected chi connectivity index (χ2v) is 1.29. The summed E-state index contributed by atoms with van der Waals surface area (Å²) in [4.78, 5) is 10.0. The number of carbonyl (C=O) groups excluding carboxylic acids is 1. The topological polar surface area (TPSA) is 81.1 Å². The molecular formula is C3H9N3O. The van der Waals surface area contributed by atoms with E-state index in [0.29, 0.717) is 0 Å². The fourth-order valence-electron chi connectivity index (χ4n) is 0.0821. The number of hydrogen-bond donors (Lipinski definition) is 3. The monoisotopic (exact) mass is 103 g/mol. The van der Waals surface area contributed by atoms with Crippen LogP contribution in [0.4, 0.5) is 0 Å². The molecule has 0 saturated heterocycles. The molecule has 0 radical (unpaired) electrons. The lowest BCUT2D eigenvalue weighted by Gasteiger charge is -2.00. The van der Waals surface area contributed by atoms with Crippen molar-refractivity contribution in [3.05, 3.63) is 0 Å². The van der Waals surface area contributed by atoms with Gasteiger partial charge in [-0.05, 0) is 6.92 Å². The molecule has 4 nitrogen and oxygen atoms in total. The van der Waals surface area contributed by atoms with Crippen molar-refractivity contribution >= 4 is 5.91 Å². The largest absolute Gasteiger partial charge is 0.368 e. The van der Waals surface area contributed by atoms with Gasteiger partial charge >= 0.3 is 0 Å². The van der Waals surface area contributed by atoms with Gasteiger partial charge in [-0.3, -0.25) is 10.6 Å². The van der Waals surface area contributed by atoms with Crippen LogP contribution in [0.15, 0.2) is 0 Å². The number of carbonyl (C=O) groups is 1. The molecule has 0 aliphatic heterocycles. The summed E-state index contributed by atoms with van der Waals surface area (Å²) in [5, 5.41) is 0. The zero-order chi connectivity index (χ0) is 5.86. The first-order valence-electron chi connectivity index (χ1n) is 1.94. The zero-order valence-corrected chi connectivity index (χ0v) is 4.14. The van der Waals surface area contributed by atoms with Crippen molar-refractivity contribution in [3.8, 4) is 0 Å². The lowest BCUT2D eigenvalue weighted by atomic mass is 10.3. The molecule has 0 aromatic heterocycles. The van der Waals surface area contributed by atoms with Gasteiger partial charge in [0.05, 0.1) is 6.04 Å². The van der Waals surface area contributed by atoms with E-state index in [4.69, 9.17) is 11.6 Å². The summed E-state index contributed by atoms with van der Waals surface area (Å²) in [6.07, 6.45) is 0. The second-order valence-electron chi connectivity index (χ2n) is 1.29. The Balaban J connectivity index is 3.34. The molecule has 4 heteroatoms. The maximum absolute atomic E-state index is 10.0. The molecule has 5 N–H and O–H groups in total. The highest BCUT2D eigenvalue weighted by Crippen LogP contribution is 1.69. The third kappa shape index (κ3) is 2.13. The molecule has 0 spiro atoms. The standard InChI is InChI=1S/C3H9N3O/c1-2(6-5)3(4)7/h2,6H,5H2,1H3,(H2,4,7). The summed E-state index contributed by atoms with van der Waals surface area (Å²) in [6, 6.07) is -0.431. The minimum atomic E-state index is -0.442. The Morgan fingerprint density at radius 2 is 2.29 bits per heavy atom. The van der Waals surface area contributed by atoms with E-state index in [2.05, 4.69) is 5.43 Å². The molecule has 1 atom stereocenters. The third-order valence-electron chi connectivity index (χ3n) is 0.677. The van der Waals surface area contributed by atoms with E-state index < -0.39 is 11.9 Å². The number of hydrazine groups is 1. The summed E-state index contributed by atoms with van der Waals surface area (Å²) >= 11 is 0. The Morgan fingerprint density at radius 3 is 2.29 bits per heavy atom. The van der Waals surface area contributed by atoms with Gasteiger partial charge in [-0.25, -0.2) is 5.43 Å². The normalized spacial score (nSPS) is 13.4. The van der Waals surface area contributed by atoms with Crippen LogP contribution in [0.25, 0.3) is 0 Å². The predicted octanol–water partition coefficient (Wildman–Crippen LogP) is -1.68. The average molecular weight is 103 g/mol. The van der Waals surface area contributed by atoms with E-state index in [-0.39, 0.29) is 0 Å². The van der Waals surface area contributed by atoms with Gasteiger partial charge in [-0.1, -0.05) is 0 Å². The van der Waals surface area contributed by atoms with Gasteiger partial charge in [-0.15, -0.1) is 0 Å². The van der Waals surface area contributed by atoms with Crippen LogP contribution in [-0.4, -0.2) is 11.9 Å². The fraction of sp³-hybridized carbons (Fsp3) is 0.667. The summed E-state index contributed by atoms with van der Waals surface area (Å²) in [6.45, 7) is 1.59. The maximum atomic E-state index is 10.0. The SMILES string of the molecule is CC(NN)C(N)=O. The summed E-state index contributed by atoms with van der Waals surface area (Å²) in [5.74, 6) is 4.38. The van der Waals surface area contributed by atoms with Crippen molar-refractivity contribution in [2.75, 3.05) is 0 Å². The van der Waals surface area contributed by atoms with Crippen LogP contribution < -0.4 is 17.0 Å². The number of primary amides is 1. The molecule has 0 bridgehead atoms. The Bertz CT molecular complexity index is 72.6. The van der Waals surface area contributed by atoms with Gasteiger partial charge in [0.25, 0.3) is 0 Å². The smallest absolute Gasteiger partial charge is 0.235 e. The zero-order valence-electron chi connectivity index (χ0n) is 4.14. The highest BCUT2D eigenvalue weighted by Gasteiger charge is 2.01. The molecule has 0 heterocycles. The van der Waals surface area contributed by atoms with Crippen LogP contribution in [-0.2, 0) is 4.79 Å². The minimum Gasteiger partial charge on any atom is -0.368 e. The van der Waals surface area contributed by atoms with Crippen LogP contribution in [0.3, 0.4) is 0 Å². The lowest BCUT2D eigenvalue weighted by molar-refractivity contribution is -0.119. The number of nitrogens with two attached hydrogens (primary N) is 2. The van der Waals surface area contributed by atoms with Gasteiger partial charge in [0, 0.05) is 0 Å². The first-order chi connectivity index (χ1) is 3.18. The highest BCUT2D eigenvalue weighted by atomic mass is 16.1. The molecule has 42 valence electrons. The van der Waals surface area contributed by atoms with Crippen molar-refractivity contribution in [3.63, 3.8) is 0 Å². The van der Waals surface area contributed by atoms with Crippen molar-refractivity contribution < 1.29 is 4.79 Å². The van der Waals surface area contributed by atoms with E-state index >= 15 is 0 Å². The Labute approximate surface area is 41.8 Å². The lowest BCUT2D eigenvalue weighted by Crippen LogP contribution is -2.42. The van der Waals surface area contributed by atoms with Crippen molar-refractivity contribution in [1.82, 2.24) is 5.43 Å². The van der Waals surface area contributed by atoms with Gasteiger partial charge in [0.15, 0.2) is 0 Å². The van der Waals surface area contributed by atoms with Gasteiger partial charge in [-0.2, -0.15) is 0 Å². The Kier molecular flexibility index (Phi) is 2.32. The predicted molar refractivity (Wildman–Crippen MR) is 26.0 cm³/mol. The Hall–Kier alpha value is -0.610. The van der Waals surface area contributed by atoms with Crippen LogP contribution in [0.5, 0.6) is 0 Å². The molecule has 0 rings (SSSR count). The fourth-order valence-corrected chi connectivity index (χ4v) is 0.0821. The summed E-state index contributed by atoms with van der Waals surface area (Å²) in [5.41, 5.74) is 6.95. The number of amides is 1. The molecule has 7 heavy (non-hydrogen) atoms. The van der Waals surface area contributed by atoms with Crippen LogP contribution in [0, 0.1) is 0 Å². The molecule has 1 unspecified atom stereocenters. The van der Waals surface area contributed by atoms with E-state index in [9.17, 15) is 4.79 Å². The average Bonchev–Trinajstić information content (AvgIpc) is 1.65. The minimum absolute atomic E-state index is 0.431. The summed E-state index contributed by atoms with van der Waals surface area (Å²) < 4.78 is 0. The molecule has 0 aliphatic carbocycles. The van der Waals surface area contributed by atoms with Gasteiger partial charge in [0.2, 0.25) is 5.91 Å². The van der Waals surface area contributed by atoms with E-state index in [0.717, 1.165) is 0 Å². The maximum Gasteiger partial charge on any atom is 0.235 e. The van der Waals surface area contributed by atoms with E-state index in [1.165, 1.54) is 0 Å². The number of nitrogens with one attached hydrogen (secondary N) is 1.